The first-order valence-corrected chi connectivity index (χ1v) is 7.06. The van der Waals surface area contributed by atoms with Crippen LogP contribution in [-0.4, -0.2) is 31.7 Å². The van der Waals surface area contributed by atoms with Crippen molar-refractivity contribution < 1.29 is 23.9 Å². The van der Waals surface area contributed by atoms with E-state index in [-0.39, 0.29) is 35.1 Å². The van der Waals surface area contributed by atoms with Crippen molar-refractivity contribution in [1.82, 2.24) is 0 Å². The van der Waals surface area contributed by atoms with E-state index >= 15 is 0 Å². The topological polar surface area (TPSA) is 138 Å². The molecule has 0 amide bonds. The first-order valence-electron chi connectivity index (χ1n) is 7.06. The zero-order valence-corrected chi connectivity index (χ0v) is 13.5. The lowest BCUT2D eigenvalue weighted by Crippen LogP contribution is -2.27. The number of hydrogen-bond acceptors (Lipinski definition) is 8. The predicted molar refractivity (Wildman–Crippen MR) is 84.7 cm³/mol. The van der Waals surface area contributed by atoms with Gasteiger partial charge in [0.15, 0.2) is 0 Å². The highest BCUT2D eigenvalue weighted by Crippen LogP contribution is 2.40. The predicted octanol–water partition coefficient (Wildman–Crippen LogP) is 1.48. The van der Waals surface area contributed by atoms with Crippen LogP contribution in [-0.2, 0) is 19.0 Å². The Hall–Kier alpha value is -3.38. The smallest absolute Gasteiger partial charge is 0.338 e. The minimum Gasteiger partial charge on any atom is -0.466 e. The first-order chi connectivity index (χ1) is 11.9. The molecule has 0 saturated carbocycles. The molecule has 0 aliphatic carbocycles. The highest BCUT2D eigenvalue weighted by Gasteiger charge is 2.37. The van der Waals surface area contributed by atoms with Crippen molar-refractivity contribution in [2.24, 2.45) is 5.73 Å². The minimum atomic E-state index is -0.878. The summed E-state index contributed by atoms with van der Waals surface area (Å²) in [5.41, 5.74) is 6.21. The molecule has 0 bridgehead atoms. The number of hydrogen-bond donors (Lipinski definition) is 1. The SMILES string of the molecule is COCC1=C(C(=O)OC)C(c2ccc([N+](=O)[O-])cc2)C(C#N)=C(N)O1. The summed E-state index contributed by atoms with van der Waals surface area (Å²) in [6, 6.07) is 7.38. The summed E-state index contributed by atoms with van der Waals surface area (Å²) >= 11 is 0. The van der Waals surface area contributed by atoms with E-state index in [4.69, 9.17) is 19.9 Å². The number of nitriles is 1. The number of esters is 1. The molecule has 0 aromatic heterocycles. The molecule has 2 rings (SSSR count). The minimum absolute atomic E-state index is 0.00843. The molecule has 2 N–H and O–H groups in total. The molecule has 9 nitrogen and oxygen atoms in total. The van der Waals surface area contributed by atoms with Gasteiger partial charge in [0.1, 0.15) is 24.0 Å². The molecule has 1 aromatic carbocycles. The number of rotatable bonds is 5. The molecular formula is C16H15N3O6. The van der Waals surface area contributed by atoms with Gasteiger partial charge in [0.05, 0.1) is 23.5 Å². The van der Waals surface area contributed by atoms with E-state index < -0.39 is 16.8 Å². The van der Waals surface area contributed by atoms with E-state index in [2.05, 4.69) is 0 Å². The van der Waals surface area contributed by atoms with Gasteiger partial charge in [0.2, 0.25) is 5.88 Å². The third kappa shape index (κ3) is 3.44. The molecule has 0 fully saturated rings. The quantitative estimate of drug-likeness (QED) is 0.481. The second kappa shape index (κ2) is 7.46. The Kier molecular flexibility index (Phi) is 5.36. The fourth-order valence-corrected chi connectivity index (χ4v) is 2.51. The third-order valence-corrected chi connectivity index (χ3v) is 3.61. The fraction of sp³-hybridized carbons (Fsp3) is 0.250. The molecular weight excluding hydrogens is 330 g/mol. The number of carbonyl (C=O) groups excluding carboxylic acids is 1. The van der Waals surface area contributed by atoms with Crippen molar-refractivity contribution >= 4 is 11.7 Å². The van der Waals surface area contributed by atoms with Crippen LogP contribution < -0.4 is 5.73 Å². The van der Waals surface area contributed by atoms with Gasteiger partial charge in [-0.15, -0.1) is 0 Å². The van der Waals surface area contributed by atoms with Gasteiger partial charge in [-0.1, -0.05) is 12.1 Å². The Labute approximate surface area is 143 Å². The van der Waals surface area contributed by atoms with Crippen LogP contribution in [0.5, 0.6) is 0 Å². The number of benzene rings is 1. The van der Waals surface area contributed by atoms with Gasteiger partial charge in [-0.05, 0) is 5.56 Å². The standard InChI is InChI=1S/C16H15N3O6/c1-23-8-12-14(16(20)24-2)13(11(7-17)15(18)25-12)9-3-5-10(6-4-9)19(21)22/h3-6,13H,8,18H2,1-2H3. The number of non-ortho nitro benzene ring substituents is 1. The number of ether oxygens (including phenoxy) is 3. The Morgan fingerprint density at radius 2 is 2.04 bits per heavy atom. The number of methoxy groups -OCH3 is 2. The summed E-state index contributed by atoms with van der Waals surface area (Å²) in [7, 11) is 2.60. The molecule has 0 spiro atoms. The van der Waals surface area contributed by atoms with Gasteiger partial charge in [0.25, 0.3) is 5.69 Å². The third-order valence-electron chi connectivity index (χ3n) is 3.61. The van der Waals surface area contributed by atoms with Gasteiger partial charge in [0, 0.05) is 19.2 Å². The summed E-state index contributed by atoms with van der Waals surface area (Å²) in [6.45, 7) is -0.0622. The molecule has 1 heterocycles. The Bertz CT molecular complexity index is 804. The van der Waals surface area contributed by atoms with Gasteiger partial charge in [-0.25, -0.2) is 4.79 Å². The van der Waals surface area contributed by atoms with Crippen LogP contribution in [0.3, 0.4) is 0 Å². The average molecular weight is 345 g/mol. The van der Waals surface area contributed by atoms with Crippen LogP contribution in [0.4, 0.5) is 5.69 Å². The van der Waals surface area contributed by atoms with E-state index in [9.17, 15) is 20.2 Å². The highest BCUT2D eigenvalue weighted by atomic mass is 16.6. The highest BCUT2D eigenvalue weighted by molar-refractivity contribution is 5.92. The monoisotopic (exact) mass is 345 g/mol. The number of nitrogens with zero attached hydrogens (tertiary/aromatic N) is 2. The van der Waals surface area contributed by atoms with Crippen molar-refractivity contribution in [3.63, 3.8) is 0 Å². The molecule has 1 aliphatic rings. The molecule has 130 valence electrons. The van der Waals surface area contributed by atoms with E-state index in [0.717, 1.165) is 0 Å². The Balaban J connectivity index is 2.64. The molecule has 1 aliphatic heterocycles. The maximum Gasteiger partial charge on any atom is 0.338 e. The van der Waals surface area contributed by atoms with Crippen molar-refractivity contribution in [1.29, 1.82) is 5.26 Å². The van der Waals surface area contributed by atoms with Crippen molar-refractivity contribution in [3.8, 4) is 6.07 Å². The second-order valence-corrected chi connectivity index (χ2v) is 5.03. The van der Waals surface area contributed by atoms with Crippen LogP contribution in [0.2, 0.25) is 0 Å². The fourth-order valence-electron chi connectivity index (χ4n) is 2.51. The Morgan fingerprint density at radius 3 is 2.52 bits per heavy atom. The summed E-state index contributed by atoms with van der Waals surface area (Å²) in [5, 5.41) is 20.3. The van der Waals surface area contributed by atoms with Gasteiger partial charge in [-0.2, -0.15) is 5.26 Å². The maximum absolute atomic E-state index is 12.3. The first kappa shape index (κ1) is 18.0. The van der Waals surface area contributed by atoms with Crippen LogP contribution in [0, 0.1) is 21.4 Å². The van der Waals surface area contributed by atoms with E-state index in [1.807, 2.05) is 6.07 Å². The lowest BCUT2D eigenvalue weighted by atomic mass is 9.83. The summed E-state index contributed by atoms with van der Waals surface area (Å²) < 4.78 is 15.2. The number of nitrogens with two attached hydrogens (primary N) is 1. The summed E-state index contributed by atoms with van der Waals surface area (Å²) in [4.78, 5) is 22.6. The van der Waals surface area contributed by atoms with E-state index in [1.165, 1.54) is 38.5 Å². The zero-order valence-electron chi connectivity index (χ0n) is 13.5. The van der Waals surface area contributed by atoms with Gasteiger partial charge < -0.3 is 19.9 Å². The van der Waals surface area contributed by atoms with Crippen molar-refractivity contribution in [2.45, 2.75) is 5.92 Å². The van der Waals surface area contributed by atoms with Crippen LogP contribution in [0.1, 0.15) is 11.5 Å². The molecule has 9 heteroatoms. The lowest BCUT2D eigenvalue weighted by Gasteiger charge is -2.27. The van der Waals surface area contributed by atoms with E-state index in [0.29, 0.717) is 5.56 Å². The van der Waals surface area contributed by atoms with Crippen molar-refractivity contribution in [3.05, 3.63) is 62.7 Å². The number of nitro groups is 1. The maximum atomic E-state index is 12.3. The molecule has 1 atom stereocenters. The zero-order chi connectivity index (χ0) is 18.6. The summed E-state index contributed by atoms with van der Waals surface area (Å²) in [6.07, 6.45) is 0. The molecule has 0 saturated heterocycles. The Morgan fingerprint density at radius 1 is 1.40 bits per heavy atom. The number of carbonyl (C=O) groups is 1. The van der Waals surface area contributed by atoms with Gasteiger partial charge >= 0.3 is 5.97 Å². The second-order valence-electron chi connectivity index (χ2n) is 5.03. The molecule has 25 heavy (non-hydrogen) atoms. The molecule has 1 unspecified atom stereocenters. The van der Waals surface area contributed by atoms with Crippen LogP contribution in [0.25, 0.3) is 0 Å². The molecule has 0 radical (unpaired) electrons. The lowest BCUT2D eigenvalue weighted by molar-refractivity contribution is -0.384. The van der Waals surface area contributed by atoms with Crippen LogP contribution >= 0.6 is 0 Å². The van der Waals surface area contributed by atoms with E-state index in [1.54, 1.807) is 0 Å². The van der Waals surface area contributed by atoms with Crippen LogP contribution in [0.15, 0.2) is 47.1 Å². The van der Waals surface area contributed by atoms with Crippen molar-refractivity contribution in [2.75, 3.05) is 20.8 Å². The normalized spacial score (nSPS) is 16.9. The average Bonchev–Trinajstić information content (AvgIpc) is 2.61. The number of allylic oxidation sites excluding steroid dienone is 1. The number of nitro benzene ring substituents is 1. The molecule has 1 aromatic rings. The largest absolute Gasteiger partial charge is 0.466 e. The summed E-state index contributed by atoms with van der Waals surface area (Å²) in [5.74, 6) is -1.63. The van der Waals surface area contributed by atoms with Gasteiger partial charge in [-0.3, -0.25) is 10.1 Å².